The van der Waals surface area contributed by atoms with Crippen molar-refractivity contribution in [2.45, 2.75) is 25.3 Å². The molecule has 0 bridgehead atoms. The highest BCUT2D eigenvalue weighted by Crippen LogP contribution is 2.17. The molecule has 3 nitrogen and oxygen atoms in total. The minimum Gasteiger partial charge on any atom is -0.323 e. The van der Waals surface area contributed by atoms with Gasteiger partial charge in [0.25, 0.3) is 0 Å². The molecule has 1 aromatic carbocycles. The number of anilines is 1. The van der Waals surface area contributed by atoms with E-state index in [2.05, 4.69) is 10.6 Å². The van der Waals surface area contributed by atoms with E-state index in [1.54, 1.807) is 0 Å². The van der Waals surface area contributed by atoms with Gasteiger partial charge in [0.05, 0.1) is 5.69 Å². The molecule has 0 aromatic heterocycles. The normalized spacial score (nSPS) is 19.3. The summed E-state index contributed by atoms with van der Waals surface area (Å²) in [7, 11) is 0. The van der Waals surface area contributed by atoms with Crippen molar-refractivity contribution in [2.24, 2.45) is 0 Å². The zero-order chi connectivity index (χ0) is 12.3. The molecule has 0 aliphatic carbocycles. The van der Waals surface area contributed by atoms with Gasteiger partial charge in [0.15, 0.2) is 11.6 Å². The third-order valence-electron chi connectivity index (χ3n) is 2.82. The van der Waals surface area contributed by atoms with Gasteiger partial charge in [-0.2, -0.15) is 0 Å². The Hall–Kier alpha value is -1.49. The van der Waals surface area contributed by atoms with Gasteiger partial charge in [0.1, 0.15) is 0 Å². The van der Waals surface area contributed by atoms with Crippen LogP contribution in [0.3, 0.4) is 0 Å². The van der Waals surface area contributed by atoms with Gasteiger partial charge >= 0.3 is 0 Å². The average molecular weight is 240 g/mol. The lowest BCUT2D eigenvalue weighted by atomic mass is 10.1. The second-order valence-corrected chi connectivity index (χ2v) is 4.15. The first-order valence-corrected chi connectivity index (χ1v) is 5.64. The van der Waals surface area contributed by atoms with Crippen LogP contribution in [0.25, 0.3) is 0 Å². The molecular weight excluding hydrogens is 226 g/mol. The topological polar surface area (TPSA) is 41.1 Å². The SMILES string of the molecule is O=C(CC1CCCN1)Nc1cccc(F)c1F. The third kappa shape index (κ3) is 3.00. The highest BCUT2D eigenvalue weighted by molar-refractivity contribution is 5.91. The predicted octanol–water partition coefficient (Wildman–Crippen LogP) is 2.05. The van der Waals surface area contributed by atoms with E-state index < -0.39 is 11.6 Å². The molecule has 0 spiro atoms. The van der Waals surface area contributed by atoms with Crippen molar-refractivity contribution in [1.82, 2.24) is 5.32 Å². The summed E-state index contributed by atoms with van der Waals surface area (Å²) in [5, 5.41) is 5.55. The molecule has 2 rings (SSSR count). The summed E-state index contributed by atoms with van der Waals surface area (Å²) in [6.07, 6.45) is 2.28. The molecule has 0 radical (unpaired) electrons. The van der Waals surface area contributed by atoms with E-state index in [0.717, 1.165) is 25.5 Å². The Balaban J connectivity index is 1.95. The van der Waals surface area contributed by atoms with E-state index in [9.17, 15) is 13.6 Å². The number of rotatable bonds is 3. The van der Waals surface area contributed by atoms with Gasteiger partial charge in [-0.05, 0) is 31.5 Å². The van der Waals surface area contributed by atoms with Gasteiger partial charge in [0.2, 0.25) is 5.91 Å². The molecule has 1 unspecified atom stereocenters. The molecule has 5 heteroatoms. The van der Waals surface area contributed by atoms with Crippen LogP contribution in [-0.4, -0.2) is 18.5 Å². The molecule has 1 aliphatic rings. The molecule has 92 valence electrons. The van der Waals surface area contributed by atoms with Crippen molar-refractivity contribution >= 4 is 11.6 Å². The molecule has 2 N–H and O–H groups in total. The fourth-order valence-corrected chi connectivity index (χ4v) is 1.96. The first kappa shape index (κ1) is 12.0. The van der Waals surface area contributed by atoms with E-state index in [1.165, 1.54) is 12.1 Å². The maximum atomic E-state index is 13.3. The Kier molecular flexibility index (Phi) is 3.68. The molecule has 1 saturated heterocycles. The first-order valence-electron chi connectivity index (χ1n) is 5.64. The number of benzene rings is 1. The van der Waals surface area contributed by atoms with Gasteiger partial charge in [0, 0.05) is 12.5 Å². The van der Waals surface area contributed by atoms with Crippen molar-refractivity contribution < 1.29 is 13.6 Å². The number of hydrogen-bond acceptors (Lipinski definition) is 2. The van der Waals surface area contributed by atoms with Crippen LogP contribution in [0, 0.1) is 11.6 Å². The Bertz CT molecular complexity index is 417. The van der Waals surface area contributed by atoms with Gasteiger partial charge in [-0.25, -0.2) is 8.78 Å². The van der Waals surface area contributed by atoms with Crippen molar-refractivity contribution in [3.63, 3.8) is 0 Å². The molecule has 1 amide bonds. The molecule has 1 atom stereocenters. The lowest BCUT2D eigenvalue weighted by Crippen LogP contribution is -2.27. The Morgan fingerprint density at radius 2 is 2.29 bits per heavy atom. The van der Waals surface area contributed by atoms with Crippen LogP contribution in [0.2, 0.25) is 0 Å². The summed E-state index contributed by atoms with van der Waals surface area (Å²) in [4.78, 5) is 11.6. The van der Waals surface area contributed by atoms with Crippen molar-refractivity contribution in [3.05, 3.63) is 29.8 Å². The van der Waals surface area contributed by atoms with Crippen molar-refractivity contribution in [1.29, 1.82) is 0 Å². The Labute approximate surface area is 98.2 Å². The summed E-state index contributed by atoms with van der Waals surface area (Å²) in [6.45, 7) is 0.909. The van der Waals surface area contributed by atoms with E-state index in [1.807, 2.05) is 0 Å². The maximum absolute atomic E-state index is 13.3. The zero-order valence-corrected chi connectivity index (χ0v) is 9.30. The van der Waals surface area contributed by atoms with Crippen molar-refractivity contribution in [2.75, 3.05) is 11.9 Å². The van der Waals surface area contributed by atoms with E-state index in [4.69, 9.17) is 0 Å². The number of hydrogen-bond donors (Lipinski definition) is 2. The second-order valence-electron chi connectivity index (χ2n) is 4.15. The summed E-state index contributed by atoms with van der Waals surface area (Å²) in [5.74, 6) is -2.27. The molecule has 1 aromatic rings. The second kappa shape index (κ2) is 5.23. The Morgan fingerprint density at radius 1 is 1.47 bits per heavy atom. The number of amides is 1. The van der Waals surface area contributed by atoms with Crippen molar-refractivity contribution in [3.8, 4) is 0 Å². The average Bonchev–Trinajstić information content (AvgIpc) is 2.77. The minimum atomic E-state index is -1.01. The number of nitrogens with one attached hydrogen (secondary N) is 2. The Morgan fingerprint density at radius 3 is 3.00 bits per heavy atom. The fourth-order valence-electron chi connectivity index (χ4n) is 1.96. The van der Waals surface area contributed by atoms with E-state index in [-0.39, 0.29) is 24.1 Å². The van der Waals surface area contributed by atoms with Gasteiger partial charge in [-0.1, -0.05) is 6.07 Å². The van der Waals surface area contributed by atoms with Crippen LogP contribution in [0.15, 0.2) is 18.2 Å². The van der Waals surface area contributed by atoms with Gasteiger partial charge in [-0.3, -0.25) is 4.79 Å². The smallest absolute Gasteiger partial charge is 0.226 e. The maximum Gasteiger partial charge on any atom is 0.226 e. The van der Waals surface area contributed by atoms with Crippen LogP contribution < -0.4 is 10.6 Å². The quantitative estimate of drug-likeness (QED) is 0.849. The van der Waals surface area contributed by atoms with Crippen LogP contribution in [0.1, 0.15) is 19.3 Å². The largest absolute Gasteiger partial charge is 0.323 e. The molecule has 0 saturated carbocycles. The minimum absolute atomic E-state index is 0.104. The predicted molar refractivity (Wildman–Crippen MR) is 60.6 cm³/mol. The fraction of sp³-hybridized carbons (Fsp3) is 0.417. The lowest BCUT2D eigenvalue weighted by Gasteiger charge is -2.11. The van der Waals surface area contributed by atoms with Gasteiger partial charge < -0.3 is 10.6 Å². The van der Waals surface area contributed by atoms with Crippen LogP contribution in [-0.2, 0) is 4.79 Å². The van der Waals surface area contributed by atoms with Crippen LogP contribution >= 0.6 is 0 Å². The number of carbonyl (C=O) groups is 1. The third-order valence-corrected chi connectivity index (χ3v) is 2.82. The standard InChI is InChI=1S/C12H14F2N2O/c13-9-4-1-5-10(12(9)14)16-11(17)7-8-3-2-6-15-8/h1,4-5,8,15H,2-3,6-7H2,(H,16,17). The zero-order valence-electron chi connectivity index (χ0n) is 9.30. The molecule has 17 heavy (non-hydrogen) atoms. The molecule has 1 fully saturated rings. The number of carbonyl (C=O) groups excluding carboxylic acids is 1. The summed E-state index contributed by atoms with van der Waals surface area (Å²) in [5.41, 5.74) is -0.104. The molecule has 1 aliphatic heterocycles. The van der Waals surface area contributed by atoms with Crippen LogP contribution in [0.4, 0.5) is 14.5 Å². The highest BCUT2D eigenvalue weighted by Gasteiger charge is 2.18. The summed E-state index contributed by atoms with van der Waals surface area (Å²) < 4.78 is 26.2. The first-order chi connectivity index (χ1) is 8.16. The summed E-state index contributed by atoms with van der Waals surface area (Å²) in [6, 6.07) is 3.87. The van der Waals surface area contributed by atoms with Gasteiger partial charge in [-0.15, -0.1) is 0 Å². The molecule has 1 heterocycles. The number of halogens is 2. The van der Waals surface area contributed by atoms with E-state index >= 15 is 0 Å². The van der Waals surface area contributed by atoms with Crippen LogP contribution in [0.5, 0.6) is 0 Å². The molecular formula is C12H14F2N2O. The lowest BCUT2D eigenvalue weighted by molar-refractivity contribution is -0.116. The monoisotopic (exact) mass is 240 g/mol. The summed E-state index contributed by atoms with van der Waals surface area (Å²) >= 11 is 0. The highest BCUT2D eigenvalue weighted by atomic mass is 19.2. The van der Waals surface area contributed by atoms with E-state index in [0.29, 0.717) is 0 Å².